The maximum atomic E-state index is 12.5. The predicted molar refractivity (Wildman–Crippen MR) is 98.2 cm³/mol. The van der Waals surface area contributed by atoms with Crippen LogP contribution < -0.4 is 4.90 Å². The van der Waals surface area contributed by atoms with E-state index in [0.29, 0.717) is 11.6 Å². The van der Waals surface area contributed by atoms with Gasteiger partial charge in [0.2, 0.25) is 0 Å². The second kappa shape index (κ2) is 6.21. The Morgan fingerprint density at radius 2 is 1.54 bits per heavy atom. The third-order valence-corrected chi connectivity index (χ3v) is 5.27. The maximum absolute atomic E-state index is 12.5. The third kappa shape index (κ3) is 2.97. The van der Waals surface area contributed by atoms with Crippen LogP contribution in [0.3, 0.4) is 0 Å². The number of cyclic esters (lactones) is 2. The number of thioether (sulfide) groups is 1. The van der Waals surface area contributed by atoms with E-state index >= 15 is 0 Å². The molecule has 0 unspecified atom stereocenters. The van der Waals surface area contributed by atoms with Crippen LogP contribution in [0.15, 0.2) is 70.1 Å². The van der Waals surface area contributed by atoms with Crippen LogP contribution in [0.5, 0.6) is 0 Å². The Morgan fingerprint density at radius 1 is 0.923 bits per heavy atom. The molecule has 0 aliphatic carbocycles. The molecule has 4 rings (SSSR count). The molecule has 0 bridgehead atoms. The number of esters is 2. The quantitative estimate of drug-likeness (QED) is 0.457. The van der Waals surface area contributed by atoms with Crippen molar-refractivity contribution in [1.29, 1.82) is 0 Å². The number of nitrogens with zero attached hydrogens (tertiary/aromatic N) is 1. The van der Waals surface area contributed by atoms with Crippen molar-refractivity contribution in [1.82, 2.24) is 0 Å². The van der Waals surface area contributed by atoms with Gasteiger partial charge in [0, 0.05) is 25.3 Å². The van der Waals surface area contributed by atoms with Gasteiger partial charge < -0.3 is 14.4 Å². The average Bonchev–Trinajstić information content (AvgIpc) is 2.92. The largest absolute Gasteiger partial charge is 0.419 e. The number of fused-ring (bicyclic) bond motifs is 1. The summed E-state index contributed by atoms with van der Waals surface area (Å²) < 4.78 is 10.6. The normalized spacial score (nSPS) is 18.5. The molecule has 2 aliphatic heterocycles. The van der Waals surface area contributed by atoms with Gasteiger partial charge in [-0.15, -0.1) is 0 Å². The minimum absolute atomic E-state index is 0.0542. The molecule has 26 heavy (non-hydrogen) atoms. The van der Waals surface area contributed by atoms with Crippen LogP contribution in [0, 0.1) is 0 Å². The van der Waals surface area contributed by atoms with Crippen molar-refractivity contribution in [2.24, 2.45) is 0 Å². The molecule has 0 amide bonds. The van der Waals surface area contributed by atoms with Crippen molar-refractivity contribution in [3.8, 4) is 0 Å². The standard InChI is InChI=1S/C20H17NO4S/c1-20(2)24-18(22)16(19(23)25-20)17-21(12-13-8-4-3-5-9-13)14-10-6-7-11-15(14)26-17/h3-11H,12H2,1-2H3. The molecule has 2 aromatic rings. The molecule has 0 N–H and O–H groups in total. The number of hydrogen-bond donors (Lipinski definition) is 0. The minimum atomic E-state index is -1.25. The van der Waals surface area contributed by atoms with Gasteiger partial charge in [-0.1, -0.05) is 54.2 Å². The lowest BCUT2D eigenvalue weighted by molar-refractivity contribution is -0.222. The van der Waals surface area contributed by atoms with Gasteiger partial charge in [0.1, 0.15) is 5.03 Å². The van der Waals surface area contributed by atoms with Gasteiger partial charge in [0.25, 0.3) is 5.79 Å². The molecular weight excluding hydrogens is 350 g/mol. The van der Waals surface area contributed by atoms with Gasteiger partial charge in [-0.2, -0.15) is 0 Å². The van der Waals surface area contributed by atoms with Crippen molar-refractivity contribution < 1.29 is 19.1 Å². The fourth-order valence-corrected chi connectivity index (χ4v) is 4.15. The summed E-state index contributed by atoms with van der Waals surface area (Å²) in [7, 11) is 0. The molecule has 2 aromatic carbocycles. The Morgan fingerprint density at radius 3 is 2.23 bits per heavy atom. The molecule has 1 fully saturated rings. The topological polar surface area (TPSA) is 55.8 Å². The molecule has 0 atom stereocenters. The minimum Gasteiger partial charge on any atom is -0.419 e. The summed E-state index contributed by atoms with van der Waals surface area (Å²) in [5, 5.41) is 0.542. The highest BCUT2D eigenvalue weighted by Crippen LogP contribution is 2.48. The van der Waals surface area contributed by atoms with Crippen LogP contribution in [0.4, 0.5) is 5.69 Å². The number of carbonyl (C=O) groups is 2. The second-order valence-corrected chi connectivity index (χ2v) is 7.53. The van der Waals surface area contributed by atoms with Crippen molar-refractivity contribution in [2.75, 3.05) is 4.90 Å². The highest BCUT2D eigenvalue weighted by atomic mass is 32.2. The van der Waals surface area contributed by atoms with Crippen LogP contribution in [0.25, 0.3) is 0 Å². The summed E-state index contributed by atoms with van der Waals surface area (Å²) in [6.07, 6.45) is 0. The zero-order valence-corrected chi connectivity index (χ0v) is 15.2. The van der Waals surface area contributed by atoms with E-state index in [1.54, 1.807) is 13.8 Å². The predicted octanol–water partition coefficient (Wildman–Crippen LogP) is 3.85. The van der Waals surface area contributed by atoms with Crippen molar-refractivity contribution >= 4 is 29.4 Å². The van der Waals surface area contributed by atoms with Crippen LogP contribution >= 0.6 is 11.8 Å². The van der Waals surface area contributed by atoms with E-state index in [1.165, 1.54) is 11.8 Å². The van der Waals surface area contributed by atoms with E-state index in [2.05, 4.69) is 0 Å². The highest BCUT2D eigenvalue weighted by Gasteiger charge is 2.43. The fourth-order valence-electron chi connectivity index (χ4n) is 2.97. The first-order valence-corrected chi connectivity index (χ1v) is 9.05. The van der Waals surface area contributed by atoms with Crippen LogP contribution in [-0.2, 0) is 25.6 Å². The molecule has 2 heterocycles. The first-order chi connectivity index (χ1) is 12.4. The Hall–Kier alpha value is -2.73. The summed E-state index contributed by atoms with van der Waals surface area (Å²) in [4.78, 5) is 28.0. The molecule has 1 saturated heterocycles. The van der Waals surface area contributed by atoms with Crippen LogP contribution in [-0.4, -0.2) is 17.7 Å². The maximum Gasteiger partial charge on any atom is 0.351 e. The number of rotatable bonds is 2. The summed E-state index contributed by atoms with van der Waals surface area (Å²) in [6, 6.07) is 17.7. The second-order valence-electron chi connectivity index (χ2n) is 6.50. The van der Waals surface area contributed by atoms with E-state index in [-0.39, 0.29) is 5.57 Å². The zero-order valence-electron chi connectivity index (χ0n) is 14.4. The van der Waals surface area contributed by atoms with Gasteiger partial charge in [-0.05, 0) is 17.7 Å². The smallest absolute Gasteiger partial charge is 0.351 e. The number of anilines is 1. The van der Waals surface area contributed by atoms with Gasteiger partial charge in [0.15, 0.2) is 5.57 Å². The van der Waals surface area contributed by atoms with Crippen molar-refractivity contribution in [3.63, 3.8) is 0 Å². The molecule has 0 aromatic heterocycles. The summed E-state index contributed by atoms with van der Waals surface area (Å²) in [6.45, 7) is 3.62. The highest BCUT2D eigenvalue weighted by molar-refractivity contribution is 8.03. The molecule has 2 aliphatic rings. The van der Waals surface area contributed by atoms with Crippen molar-refractivity contribution in [2.45, 2.75) is 31.1 Å². The summed E-state index contributed by atoms with van der Waals surface area (Å²) in [5.74, 6) is -2.56. The van der Waals surface area contributed by atoms with E-state index < -0.39 is 17.7 Å². The SMILES string of the molecule is CC1(C)OC(=O)C(=C2Sc3ccccc3N2Cc2ccccc2)C(=O)O1. The lowest BCUT2D eigenvalue weighted by Gasteiger charge is -2.31. The molecule has 6 heteroatoms. The molecule has 0 spiro atoms. The molecule has 5 nitrogen and oxygen atoms in total. The van der Waals surface area contributed by atoms with E-state index in [4.69, 9.17) is 9.47 Å². The molecule has 0 radical (unpaired) electrons. The van der Waals surface area contributed by atoms with E-state index in [9.17, 15) is 9.59 Å². The number of hydrogen-bond acceptors (Lipinski definition) is 6. The molecular formula is C20H17NO4S. The number of benzene rings is 2. The Kier molecular flexibility index (Phi) is 4.00. The van der Waals surface area contributed by atoms with E-state index in [0.717, 1.165) is 16.1 Å². The Balaban J connectivity index is 1.80. The summed E-state index contributed by atoms with van der Waals surface area (Å²) >= 11 is 1.38. The van der Waals surface area contributed by atoms with Crippen LogP contribution in [0.1, 0.15) is 19.4 Å². The van der Waals surface area contributed by atoms with Gasteiger partial charge in [-0.25, -0.2) is 9.59 Å². The lowest BCUT2D eigenvalue weighted by atomic mass is 10.1. The Labute approximate surface area is 155 Å². The van der Waals surface area contributed by atoms with Gasteiger partial charge >= 0.3 is 11.9 Å². The van der Waals surface area contributed by atoms with Crippen molar-refractivity contribution in [3.05, 3.63) is 70.8 Å². The number of carbonyl (C=O) groups excluding carboxylic acids is 2. The molecule has 0 saturated carbocycles. The zero-order chi connectivity index (χ0) is 18.3. The molecule has 132 valence electrons. The number of para-hydroxylation sites is 1. The van der Waals surface area contributed by atoms with E-state index in [1.807, 2.05) is 59.5 Å². The van der Waals surface area contributed by atoms with Crippen LogP contribution in [0.2, 0.25) is 0 Å². The monoisotopic (exact) mass is 367 g/mol. The third-order valence-electron chi connectivity index (χ3n) is 4.09. The number of ether oxygens (including phenoxy) is 2. The average molecular weight is 367 g/mol. The Bertz CT molecular complexity index is 898. The first-order valence-electron chi connectivity index (χ1n) is 8.24. The summed E-state index contributed by atoms with van der Waals surface area (Å²) in [5.41, 5.74) is 1.97. The lowest BCUT2D eigenvalue weighted by Crippen LogP contribution is -2.43. The fraction of sp³-hybridized carbons (Fsp3) is 0.200. The van der Waals surface area contributed by atoms with Gasteiger partial charge in [-0.3, -0.25) is 0 Å². The first kappa shape index (κ1) is 16.7. The van der Waals surface area contributed by atoms with Gasteiger partial charge in [0.05, 0.1) is 5.69 Å².